The third-order valence-corrected chi connectivity index (χ3v) is 5.76. The van der Waals surface area contributed by atoms with Crippen molar-refractivity contribution < 1.29 is 18.7 Å². The number of carbonyl (C=O) groups is 2. The lowest BCUT2D eigenvalue weighted by atomic mass is 10.0. The van der Waals surface area contributed by atoms with Crippen LogP contribution in [0.1, 0.15) is 41.4 Å². The second-order valence-corrected chi connectivity index (χ2v) is 7.84. The van der Waals surface area contributed by atoms with E-state index in [9.17, 15) is 14.0 Å². The lowest BCUT2D eigenvalue weighted by Crippen LogP contribution is -2.36. The van der Waals surface area contributed by atoms with Crippen molar-refractivity contribution in [2.75, 3.05) is 31.7 Å². The summed E-state index contributed by atoms with van der Waals surface area (Å²) in [5.41, 5.74) is 2.53. The molecule has 1 aromatic carbocycles. The SMILES string of the molecule is COCC(=O)N1CCC(c2nc(C)c3c(n2)N(Cc2cccc(F)c2)C(=O)CC3)C1. The highest BCUT2D eigenvalue weighted by atomic mass is 19.1. The van der Waals surface area contributed by atoms with Crippen molar-refractivity contribution in [3.8, 4) is 0 Å². The molecule has 0 aliphatic carbocycles. The fraction of sp³-hybridized carbons (Fsp3) is 0.455. The third-order valence-electron chi connectivity index (χ3n) is 5.76. The van der Waals surface area contributed by atoms with Gasteiger partial charge in [0.25, 0.3) is 0 Å². The van der Waals surface area contributed by atoms with Gasteiger partial charge < -0.3 is 9.64 Å². The second-order valence-electron chi connectivity index (χ2n) is 7.84. The summed E-state index contributed by atoms with van der Waals surface area (Å²) in [6.45, 7) is 3.44. The molecule has 1 atom stereocenters. The molecule has 1 fully saturated rings. The van der Waals surface area contributed by atoms with Crippen LogP contribution in [0.15, 0.2) is 24.3 Å². The van der Waals surface area contributed by atoms with Crippen molar-refractivity contribution >= 4 is 17.6 Å². The van der Waals surface area contributed by atoms with Gasteiger partial charge in [0.2, 0.25) is 11.8 Å². The Balaban J connectivity index is 1.62. The number of nitrogens with zero attached hydrogens (tertiary/aromatic N) is 4. The fourth-order valence-corrected chi connectivity index (χ4v) is 4.18. The Hall–Kier alpha value is -2.87. The number of hydrogen-bond donors (Lipinski definition) is 0. The van der Waals surface area contributed by atoms with Gasteiger partial charge in [-0.1, -0.05) is 12.1 Å². The Kier molecular flexibility index (Phi) is 5.76. The molecule has 30 heavy (non-hydrogen) atoms. The van der Waals surface area contributed by atoms with Crippen LogP contribution >= 0.6 is 0 Å². The van der Waals surface area contributed by atoms with Crippen LogP contribution in [-0.4, -0.2) is 53.5 Å². The van der Waals surface area contributed by atoms with E-state index in [0.717, 1.165) is 17.7 Å². The zero-order chi connectivity index (χ0) is 21.3. The minimum Gasteiger partial charge on any atom is -0.375 e. The minimum absolute atomic E-state index is 0.0165. The summed E-state index contributed by atoms with van der Waals surface area (Å²) in [4.78, 5) is 37.7. The van der Waals surface area contributed by atoms with Crippen LogP contribution in [0, 0.1) is 12.7 Å². The van der Waals surface area contributed by atoms with Gasteiger partial charge in [0, 0.05) is 43.8 Å². The van der Waals surface area contributed by atoms with Crippen molar-refractivity contribution in [3.63, 3.8) is 0 Å². The number of ether oxygens (including phenoxy) is 1. The Morgan fingerprint density at radius 1 is 1.30 bits per heavy atom. The largest absolute Gasteiger partial charge is 0.375 e. The average Bonchev–Trinajstić information content (AvgIpc) is 3.21. The van der Waals surface area contributed by atoms with Crippen LogP contribution in [-0.2, 0) is 27.3 Å². The van der Waals surface area contributed by atoms with Crippen LogP contribution in [0.2, 0.25) is 0 Å². The molecule has 1 aromatic heterocycles. The normalized spacial score (nSPS) is 18.6. The Labute approximate surface area is 174 Å². The maximum Gasteiger partial charge on any atom is 0.248 e. The number of likely N-dealkylation sites (tertiary alicyclic amines) is 1. The van der Waals surface area contributed by atoms with Gasteiger partial charge in [-0.3, -0.25) is 14.5 Å². The highest BCUT2D eigenvalue weighted by Gasteiger charge is 2.33. The summed E-state index contributed by atoms with van der Waals surface area (Å²) in [6.07, 6.45) is 1.75. The van der Waals surface area contributed by atoms with Crippen LogP contribution in [0.25, 0.3) is 0 Å². The fourth-order valence-electron chi connectivity index (χ4n) is 4.18. The highest BCUT2D eigenvalue weighted by molar-refractivity contribution is 5.95. The topological polar surface area (TPSA) is 75.6 Å². The zero-order valence-electron chi connectivity index (χ0n) is 17.2. The molecule has 0 bridgehead atoms. The van der Waals surface area contributed by atoms with Crippen molar-refractivity contribution in [3.05, 3.63) is 52.7 Å². The van der Waals surface area contributed by atoms with Crippen molar-refractivity contribution in [1.29, 1.82) is 0 Å². The van der Waals surface area contributed by atoms with Gasteiger partial charge in [0.05, 0.1) is 6.54 Å². The molecule has 158 valence electrons. The van der Waals surface area contributed by atoms with E-state index in [1.54, 1.807) is 21.9 Å². The molecule has 2 aliphatic rings. The number of fused-ring (bicyclic) bond motifs is 1. The van der Waals surface area contributed by atoms with Gasteiger partial charge in [-0.2, -0.15) is 0 Å². The van der Waals surface area contributed by atoms with E-state index in [4.69, 9.17) is 14.7 Å². The number of methoxy groups -OCH3 is 1. The number of aryl methyl sites for hydroxylation is 1. The van der Waals surface area contributed by atoms with E-state index < -0.39 is 0 Å². The second kappa shape index (κ2) is 8.47. The first-order valence-corrected chi connectivity index (χ1v) is 10.1. The smallest absolute Gasteiger partial charge is 0.248 e. The minimum atomic E-state index is -0.330. The van der Waals surface area contributed by atoms with Crippen LogP contribution in [0.4, 0.5) is 10.2 Å². The lowest BCUT2D eigenvalue weighted by Gasteiger charge is -2.30. The van der Waals surface area contributed by atoms with Gasteiger partial charge in [-0.25, -0.2) is 14.4 Å². The van der Waals surface area contributed by atoms with Crippen LogP contribution < -0.4 is 4.90 Å². The summed E-state index contributed by atoms with van der Waals surface area (Å²) >= 11 is 0. The van der Waals surface area contributed by atoms with E-state index in [1.807, 2.05) is 6.92 Å². The number of carbonyl (C=O) groups excluding carboxylic acids is 2. The van der Waals surface area contributed by atoms with E-state index in [2.05, 4.69) is 0 Å². The summed E-state index contributed by atoms with van der Waals surface area (Å²) in [5.74, 6) is 0.876. The molecule has 1 saturated heterocycles. The number of aromatic nitrogens is 2. The molecule has 2 amide bonds. The number of halogens is 1. The zero-order valence-corrected chi connectivity index (χ0v) is 17.2. The van der Waals surface area contributed by atoms with E-state index >= 15 is 0 Å². The number of hydrogen-bond acceptors (Lipinski definition) is 5. The third kappa shape index (κ3) is 4.05. The first kappa shape index (κ1) is 20.4. The van der Waals surface area contributed by atoms with Crippen molar-refractivity contribution in [2.24, 2.45) is 0 Å². The van der Waals surface area contributed by atoms with Crippen molar-refractivity contribution in [1.82, 2.24) is 14.9 Å². The first-order chi connectivity index (χ1) is 14.5. The summed E-state index contributed by atoms with van der Waals surface area (Å²) < 4.78 is 18.6. The lowest BCUT2D eigenvalue weighted by molar-refractivity contribution is -0.134. The summed E-state index contributed by atoms with van der Waals surface area (Å²) in [5, 5.41) is 0. The maximum absolute atomic E-state index is 13.6. The molecule has 1 unspecified atom stereocenters. The first-order valence-electron chi connectivity index (χ1n) is 10.1. The van der Waals surface area contributed by atoms with Gasteiger partial charge in [0.15, 0.2) is 0 Å². The van der Waals surface area contributed by atoms with Crippen LogP contribution in [0.3, 0.4) is 0 Å². The van der Waals surface area contributed by atoms with Crippen LogP contribution in [0.5, 0.6) is 0 Å². The molecule has 0 saturated carbocycles. The standard InChI is InChI=1S/C22H25FN4O3/c1-14-18-6-7-19(28)27(11-15-4-3-5-17(23)10-15)22(18)25-21(24-14)16-8-9-26(12-16)20(29)13-30-2/h3-5,10,16H,6-9,11-13H2,1-2H3. The van der Waals surface area contributed by atoms with Gasteiger partial charge in [0.1, 0.15) is 24.1 Å². The molecule has 2 aliphatic heterocycles. The highest BCUT2D eigenvalue weighted by Crippen LogP contribution is 2.33. The van der Waals surface area contributed by atoms with E-state index in [-0.39, 0.29) is 36.7 Å². The van der Waals surface area contributed by atoms with Crippen molar-refractivity contribution in [2.45, 2.75) is 38.6 Å². The average molecular weight is 412 g/mol. The molecule has 0 N–H and O–H groups in total. The molecular weight excluding hydrogens is 387 g/mol. The Morgan fingerprint density at radius 3 is 2.90 bits per heavy atom. The van der Waals surface area contributed by atoms with Gasteiger partial charge in [-0.05, 0) is 37.5 Å². The molecular formula is C22H25FN4O3. The Bertz CT molecular complexity index is 981. The molecule has 0 spiro atoms. The molecule has 8 heteroatoms. The number of amides is 2. The predicted molar refractivity (Wildman–Crippen MR) is 108 cm³/mol. The predicted octanol–water partition coefficient (Wildman–Crippen LogP) is 2.37. The monoisotopic (exact) mass is 412 g/mol. The number of benzene rings is 1. The van der Waals surface area contributed by atoms with E-state index in [1.165, 1.54) is 19.2 Å². The summed E-state index contributed by atoms with van der Waals surface area (Å²) in [7, 11) is 1.51. The molecule has 0 radical (unpaired) electrons. The molecule has 2 aromatic rings. The molecule has 3 heterocycles. The Morgan fingerprint density at radius 2 is 2.13 bits per heavy atom. The molecule has 7 nitrogen and oxygen atoms in total. The van der Waals surface area contributed by atoms with Gasteiger partial charge in [-0.15, -0.1) is 0 Å². The number of rotatable bonds is 5. The summed E-state index contributed by atoms with van der Waals surface area (Å²) in [6, 6.07) is 6.26. The quantitative estimate of drug-likeness (QED) is 0.754. The molecule has 4 rings (SSSR count). The van der Waals surface area contributed by atoms with E-state index in [0.29, 0.717) is 43.1 Å². The maximum atomic E-state index is 13.6. The number of anilines is 1. The van der Waals surface area contributed by atoms with Gasteiger partial charge >= 0.3 is 0 Å².